The van der Waals surface area contributed by atoms with Crippen molar-refractivity contribution < 1.29 is 14.3 Å². The molecule has 0 unspecified atom stereocenters. The SMILES string of the molecule is CCc1c(Cc2cc(C)cc(C)c2)[nH]c(=O)n(COCCOC(C)=O)c1=O. The summed E-state index contributed by atoms with van der Waals surface area (Å²) in [4.78, 5) is 38.6. The third kappa shape index (κ3) is 5.65. The number of hydrogen-bond donors (Lipinski definition) is 1. The Morgan fingerprint density at radius 3 is 2.37 bits per heavy atom. The van der Waals surface area contributed by atoms with Gasteiger partial charge in [0.25, 0.3) is 5.56 Å². The van der Waals surface area contributed by atoms with E-state index in [-0.39, 0.29) is 25.5 Å². The summed E-state index contributed by atoms with van der Waals surface area (Å²) < 4.78 is 11.1. The first-order valence-electron chi connectivity index (χ1n) is 8.95. The molecule has 7 heteroatoms. The zero-order chi connectivity index (χ0) is 20.0. The summed E-state index contributed by atoms with van der Waals surface area (Å²) in [5.74, 6) is -0.405. The Balaban J connectivity index is 2.22. The molecule has 1 heterocycles. The van der Waals surface area contributed by atoms with Crippen LogP contribution in [-0.2, 0) is 33.8 Å². The van der Waals surface area contributed by atoms with E-state index in [1.54, 1.807) is 0 Å². The minimum Gasteiger partial charge on any atom is -0.463 e. The molecule has 27 heavy (non-hydrogen) atoms. The second-order valence-electron chi connectivity index (χ2n) is 6.52. The van der Waals surface area contributed by atoms with E-state index in [1.165, 1.54) is 6.92 Å². The second kappa shape index (κ2) is 9.32. The minimum absolute atomic E-state index is 0.0768. The lowest BCUT2D eigenvalue weighted by atomic mass is 10.0. The first-order chi connectivity index (χ1) is 12.8. The third-order valence-electron chi connectivity index (χ3n) is 4.14. The van der Waals surface area contributed by atoms with Gasteiger partial charge in [-0.15, -0.1) is 0 Å². The number of ether oxygens (including phenoxy) is 2. The number of aryl methyl sites for hydroxylation is 2. The van der Waals surface area contributed by atoms with Gasteiger partial charge >= 0.3 is 11.7 Å². The zero-order valence-electron chi connectivity index (χ0n) is 16.3. The number of H-pyrrole nitrogens is 1. The molecule has 0 aliphatic heterocycles. The van der Waals surface area contributed by atoms with Crippen molar-refractivity contribution in [3.05, 3.63) is 67.0 Å². The molecule has 1 aromatic heterocycles. The molecule has 0 aliphatic rings. The van der Waals surface area contributed by atoms with Gasteiger partial charge in [-0.1, -0.05) is 36.2 Å². The molecule has 0 spiro atoms. The normalized spacial score (nSPS) is 10.8. The van der Waals surface area contributed by atoms with Gasteiger partial charge in [0.05, 0.1) is 6.61 Å². The van der Waals surface area contributed by atoms with Crippen LogP contribution in [0.2, 0.25) is 0 Å². The Hall–Kier alpha value is -2.67. The molecular weight excluding hydrogens is 348 g/mol. The highest BCUT2D eigenvalue weighted by Gasteiger charge is 2.13. The highest BCUT2D eigenvalue weighted by Crippen LogP contribution is 2.13. The largest absolute Gasteiger partial charge is 0.463 e. The summed E-state index contributed by atoms with van der Waals surface area (Å²) in [6.07, 6.45) is 0.994. The quantitative estimate of drug-likeness (QED) is 0.562. The summed E-state index contributed by atoms with van der Waals surface area (Å²) in [5.41, 5.74) is 3.66. The lowest BCUT2D eigenvalue weighted by Gasteiger charge is -2.12. The van der Waals surface area contributed by atoms with Gasteiger partial charge in [-0.3, -0.25) is 9.59 Å². The van der Waals surface area contributed by atoms with Gasteiger partial charge in [0.15, 0.2) is 0 Å². The number of esters is 1. The number of rotatable bonds is 8. The fourth-order valence-corrected chi connectivity index (χ4v) is 3.06. The minimum atomic E-state index is -0.510. The standard InChI is InChI=1S/C20H26N2O5/c1-5-17-18(11-16-9-13(2)8-14(3)10-16)21-20(25)22(19(17)24)12-26-6-7-27-15(4)23/h8-10H,5-7,11-12H2,1-4H3,(H,21,25). The fraction of sp³-hybridized carbons (Fsp3) is 0.450. The van der Waals surface area contributed by atoms with Crippen LogP contribution in [0.25, 0.3) is 0 Å². The first-order valence-corrected chi connectivity index (χ1v) is 8.95. The predicted molar refractivity (Wildman–Crippen MR) is 102 cm³/mol. The number of aromatic nitrogens is 2. The van der Waals surface area contributed by atoms with E-state index in [9.17, 15) is 14.4 Å². The van der Waals surface area contributed by atoms with Crippen LogP contribution in [-0.4, -0.2) is 28.7 Å². The lowest BCUT2D eigenvalue weighted by molar-refractivity contribution is -0.142. The molecule has 0 amide bonds. The Bertz CT molecular complexity index is 907. The number of carbonyl (C=O) groups excluding carboxylic acids is 1. The molecular formula is C20H26N2O5. The van der Waals surface area contributed by atoms with Crippen LogP contribution in [0.5, 0.6) is 0 Å². The number of nitrogens with zero attached hydrogens (tertiary/aromatic N) is 1. The molecule has 2 aromatic rings. The Labute approximate surface area is 157 Å². The average molecular weight is 374 g/mol. The van der Waals surface area contributed by atoms with Gasteiger partial charge in [0.2, 0.25) is 0 Å². The average Bonchev–Trinajstić information content (AvgIpc) is 2.56. The Morgan fingerprint density at radius 1 is 1.11 bits per heavy atom. The van der Waals surface area contributed by atoms with E-state index in [0.29, 0.717) is 24.1 Å². The molecule has 146 valence electrons. The Morgan fingerprint density at radius 2 is 1.78 bits per heavy atom. The number of aromatic amines is 1. The van der Waals surface area contributed by atoms with Gasteiger partial charge < -0.3 is 14.5 Å². The molecule has 0 atom stereocenters. The van der Waals surface area contributed by atoms with Crippen LogP contribution in [0.3, 0.4) is 0 Å². The fourth-order valence-electron chi connectivity index (χ4n) is 3.06. The van der Waals surface area contributed by atoms with Gasteiger partial charge in [-0.2, -0.15) is 0 Å². The smallest absolute Gasteiger partial charge is 0.330 e. The predicted octanol–water partition coefficient (Wildman–Crippen LogP) is 1.84. The summed E-state index contributed by atoms with van der Waals surface area (Å²) in [6.45, 7) is 7.22. The van der Waals surface area contributed by atoms with E-state index in [0.717, 1.165) is 21.3 Å². The van der Waals surface area contributed by atoms with Crippen molar-refractivity contribution >= 4 is 5.97 Å². The van der Waals surface area contributed by atoms with Crippen molar-refractivity contribution in [1.82, 2.24) is 9.55 Å². The number of carbonyl (C=O) groups is 1. The van der Waals surface area contributed by atoms with Crippen LogP contribution in [0.4, 0.5) is 0 Å². The van der Waals surface area contributed by atoms with E-state index < -0.39 is 11.7 Å². The van der Waals surface area contributed by atoms with Crippen LogP contribution in [0.15, 0.2) is 27.8 Å². The van der Waals surface area contributed by atoms with Crippen molar-refractivity contribution in [3.8, 4) is 0 Å². The van der Waals surface area contributed by atoms with Crippen molar-refractivity contribution in [2.45, 2.75) is 47.3 Å². The van der Waals surface area contributed by atoms with Crippen molar-refractivity contribution in [3.63, 3.8) is 0 Å². The molecule has 0 saturated heterocycles. The van der Waals surface area contributed by atoms with Crippen LogP contribution >= 0.6 is 0 Å². The molecule has 1 aromatic carbocycles. The molecule has 2 rings (SSSR count). The zero-order valence-corrected chi connectivity index (χ0v) is 16.3. The lowest BCUT2D eigenvalue weighted by Crippen LogP contribution is -2.39. The van der Waals surface area contributed by atoms with E-state index in [1.807, 2.05) is 20.8 Å². The second-order valence-corrected chi connectivity index (χ2v) is 6.52. The maximum Gasteiger partial charge on any atom is 0.330 e. The van der Waals surface area contributed by atoms with Crippen LogP contribution in [0, 0.1) is 13.8 Å². The molecule has 0 aliphatic carbocycles. The molecule has 0 bridgehead atoms. The summed E-state index contributed by atoms with van der Waals surface area (Å²) >= 11 is 0. The van der Waals surface area contributed by atoms with Gasteiger partial charge in [-0.25, -0.2) is 9.36 Å². The monoisotopic (exact) mass is 374 g/mol. The molecule has 7 nitrogen and oxygen atoms in total. The number of benzene rings is 1. The maximum absolute atomic E-state index is 12.7. The number of hydrogen-bond acceptors (Lipinski definition) is 5. The van der Waals surface area contributed by atoms with Gasteiger partial charge in [0.1, 0.15) is 13.3 Å². The molecule has 0 fully saturated rings. The third-order valence-corrected chi connectivity index (χ3v) is 4.14. The van der Waals surface area contributed by atoms with Crippen molar-refractivity contribution in [1.29, 1.82) is 0 Å². The summed E-state index contributed by atoms with van der Waals surface area (Å²) in [7, 11) is 0. The highest BCUT2D eigenvalue weighted by atomic mass is 16.6. The van der Waals surface area contributed by atoms with Gasteiger partial charge in [0, 0.05) is 24.6 Å². The highest BCUT2D eigenvalue weighted by molar-refractivity contribution is 5.65. The van der Waals surface area contributed by atoms with Crippen molar-refractivity contribution in [2.75, 3.05) is 13.2 Å². The summed E-state index contributed by atoms with van der Waals surface area (Å²) in [5, 5.41) is 0. The van der Waals surface area contributed by atoms with E-state index in [4.69, 9.17) is 9.47 Å². The van der Waals surface area contributed by atoms with Gasteiger partial charge in [-0.05, 0) is 25.8 Å². The topological polar surface area (TPSA) is 90.4 Å². The molecule has 0 radical (unpaired) electrons. The van der Waals surface area contributed by atoms with Crippen molar-refractivity contribution in [2.24, 2.45) is 0 Å². The summed E-state index contributed by atoms with van der Waals surface area (Å²) in [6, 6.07) is 6.18. The van der Waals surface area contributed by atoms with E-state index >= 15 is 0 Å². The first kappa shape index (κ1) is 20.6. The molecule has 0 saturated carbocycles. The van der Waals surface area contributed by atoms with E-state index in [2.05, 4.69) is 23.2 Å². The van der Waals surface area contributed by atoms with Crippen LogP contribution in [0.1, 0.15) is 41.8 Å². The molecule has 1 N–H and O–H groups in total. The van der Waals surface area contributed by atoms with Crippen LogP contribution < -0.4 is 11.2 Å². The maximum atomic E-state index is 12.7. The number of nitrogens with one attached hydrogen (secondary N) is 1. The Kier molecular flexibility index (Phi) is 7.12.